The number of H-pyrrole nitrogens is 2. The van der Waals surface area contributed by atoms with Crippen molar-refractivity contribution in [2.24, 2.45) is 0 Å². The Morgan fingerprint density at radius 1 is 1.60 bits per heavy atom. The van der Waals surface area contributed by atoms with Gasteiger partial charge in [-0.1, -0.05) is 13.3 Å². The molecule has 1 aromatic rings. The van der Waals surface area contributed by atoms with Gasteiger partial charge in [0.15, 0.2) is 0 Å². The van der Waals surface area contributed by atoms with Crippen LogP contribution in [0.2, 0.25) is 0 Å². The van der Waals surface area contributed by atoms with Gasteiger partial charge < -0.3 is 0 Å². The van der Waals surface area contributed by atoms with E-state index in [0.29, 0.717) is 5.69 Å². The fourth-order valence-corrected chi connectivity index (χ4v) is 0.783. The number of hydrogen-bond acceptors (Lipinski definition) is 2. The van der Waals surface area contributed by atoms with E-state index in [1.165, 1.54) is 0 Å². The number of unbranched alkanes of at least 4 members (excludes halogenated alkanes) is 1. The Hall–Kier alpha value is -1.06. The summed E-state index contributed by atoms with van der Waals surface area (Å²) in [6, 6.07) is 0. The third-order valence-electron chi connectivity index (χ3n) is 1.39. The molecule has 0 radical (unpaired) electrons. The molecule has 1 aromatic heterocycles. The molecule has 2 N–H and O–H groups in total. The van der Waals surface area contributed by atoms with Crippen molar-refractivity contribution in [1.82, 2.24) is 15.4 Å². The van der Waals surface area contributed by atoms with E-state index in [-0.39, 0.29) is 5.56 Å². The second-order valence-corrected chi connectivity index (χ2v) is 2.23. The maximum absolute atomic E-state index is 10.8. The minimum atomic E-state index is -0.0894. The molecule has 0 saturated carbocycles. The average molecular weight is 141 g/mol. The van der Waals surface area contributed by atoms with Crippen LogP contribution in [0.15, 0.2) is 4.79 Å². The summed E-state index contributed by atoms with van der Waals surface area (Å²) in [6.45, 7) is 2.08. The summed E-state index contributed by atoms with van der Waals surface area (Å²) in [4.78, 5) is 10.8. The molecule has 0 saturated heterocycles. The maximum Gasteiger partial charge on any atom is 0.287 e. The van der Waals surface area contributed by atoms with Gasteiger partial charge in [0.25, 0.3) is 5.56 Å². The van der Waals surface area contributed by atoms with Crippen molar-refractivity contribution in [3.63, 3.8) is 0 Å². The van der Waals surface area contributed by atoms with Gasteiger partial charge in [-0.05, 0) is 12.8 Å². The van der Waals surface area contributed by atoms with E-state index in [2.05, 4.69) is 22.3 Å². The molecule has 0 atom stereocenters. The monoisotopic (exact) mass is 141 g/mol. The first-order valence-corrected chi connectivity index (χ1v) is 3.46. The van der Waals surface area contributed by atoms with Crippen molar-refractivity contribution in [2.45, 2.75) is 26.2 Å². The molecule has 1 heterocycles. The van der Waals surface area contributed by atoms with E-state index in [1.54, 1.807) is 0 Å². The lowest BCUT2D eigenvalue weighted by atomic mass is 10.2. The Morgan fingerprint density at radius 3 is 2.90 bits per heavy atom. The van der Waals surface area contributed by atoms with Crippen molar-refractivity contribution in [2.75, 3.05) is 0 Å². The third-order valence-corrected chi connectivity index (χ3v) is 1.39. The lowest BCUT2D eigenvalue weighted by Gasteiger charge is -1.87. The van der Waals surface area contributed by atoms with Crippen LogP contribution in [0, 0.1) is 0 Å². The molecule has 1 rings (SSSR count). The zero-order chi connectivity index (χ0) is 7.40. The Morgan fingerprint density at radius 2 is 2.40 bits per heavy atom. The standard InChI is InChI=1S/C6H11N3O/c1-2-3-4-5-6(10)8-9-7-5/h2-4H2,1H3,(H2,7,8,9,10). The van der Waals surface area contributed by atoms with Crippen LogP contribution in [-0.4, -0.2) is 15.4 Å². The molecule has 0 aliphatic carbocycles. The Balaban J connectivity index is 2.57. The van der Waals surface area contributed by atoms with E-state index in [1.807, 2.05) is 0 Å². The first kappa shape index (κ1) is 7.05. The molecule has 56 valence electrons. The van der Waals surface area contributed by atoms with Crippen LogP contribution >= 0.6 is 0 Å². The first-order chi connectivity index (χ1) is 4.84. The van der Waals surface area contributed by atoms with Gasteiger partial charge in [0, 0.05) is 0 Å². The Labute approximate surface area is 58.6 Å². The quantitative estimate of drug-likeness (QED) is 0.641. The van der Waals surface area contributed by atoms with Gasteiger partial charge >= 0.3 is 0 Å². The lowest BCUT2D eigenvalue weighted by molar-refractivity contribution is 0.768. The molecule has 0 aliphatic rings. The molecule has 0 aliphatic heterocycles. The predicted octanol–water partition coefficient (Wildman–Crippen LogP) is 0.441. The number of rotatable bonds is 3. The highest BCUT2D eigenvalue weighted by atomic mass is 16.1. The first-order valence-electron chi connectivity index (χ1n) is 3.46. The minimum Gasteiger partial charge on any atom is -0.266 e. The van der Waals surface area contributed by atoms with E-state index in [0.717, 1.165) is 19.3 Å². The molecular weight excluding hydrogens is 130 g/mol. The summed E-state index contributed by atoms with van der Waals surface area (Å²) in [6.07, 6.45) is 2.88. The fraction of sp³-hybridized carbons (Fsp3) is 0.667. The van der Waals surface area contributed by atoms with Gasteiger partial charge in [-0.25, -0.2) is 10.3 Å². The summed E-state index contributed by atoms with van der Waals surface area (Å²) in [7, 11) is 0. The average Bonchev–Trinajstić information content (AvgIpc) is 2.31. The number of aryl methyl sites for hydroxylation is 1. The van der Waals surface area contributed by atoms with Crippen LogP contribution in [0.1, 0.15) is 25.5 Å². The summed E-state index contributed by atoms with van der Waals surface area (Å²) in [5.74, 6) is 0. The van der Waals surface area contributed by atoms with Crippen LogP contribution in [0.5, 0.6) is 0 Å². The highest BCUT2D eigenvalue weighted by Gasteiger charge is 1.99. The molecule has 0 aromatic carbocycles. The van der Waals surface area contributed by atoms with Crippen molar-refractivity contribution in [3.05, 3.63) is 16.0 Å². The van der Waals surface area contributed by atoms with Crippen LogP contribution < -0.4 is 5.56 Å². The smallest absolute Gasteiger partial charge is 0.266 e. The number of hydrogen-bond donors (Lipinski definition) is 2. The summed E-state index contributed by atoms with van der Waals surface area (Å²) in [5.41, 5.74) is 0.523. The highest BCUT2D eigenvalue weighted by molar-refractivity contribution is 4.91. The number of nitrogens with zero attached hydrogens (tertiary/aromatic N) is 1. The molecule has 4 heteroatoms. The zero-order valence-corrected chi connectivity index (χ0v) is 5.98. The Kier molecular flexibility index (Phi) is 2.25. The molecule has 0 amide bonds. The van der Waals surface area contributed by atoms with Crippen LogP contribution in [0.3, 0.4) is 0 Å². The van der Waals surface area contributed by atoms with Gasteiger partial charge in [0.1, 0.15) is 5.69 Å². The maximum atomic E-state index is 10.8. The second kappa shape index (κ2) is 3.20. The van der Waals surface area contributed by atoms with Gasteiger partial charge in [-0.15, -0.1) is 0 Å². The number of aromatic nitrogens is 3. The van der Waals surface area contributed by atoms with Gasteiger partial charge in [-0.2, -0.15) is 5.10 Å². The molecule has 0 spiro atoms. The molecular formula is C6H11N3O. The highest BCUT2D eigenvalue weighted by Crippen LogP contribution is 1.93. The van der Waals surface area contributed by atoms with Gasteiger partial charge in [0.2, 0.25) is 0 Å². The molecule has 0 unspecified atom stereocenters. The van der Waals surface area contributed by atoms with Crippen molar-refractivity contribution >= 4 is 0 Å². The number of aromatic amines is 2. The van der Waals surface area contributed by atoms with Gasteiger partial charge in [0.05, 0.1) is 0 Å². The van der Waals surface area contributed by atoms with Crippen molar-refractivity contribution < 1.29 is 0 Å². The largest absolute Gasteiger partial charge is 0.287 e. The Bertz CT molecular complexity index is 237. The van der Waals surface area contributed by atoms with Crippen molar-refractivity contribution in [1.29, 1.82) is 0 Å². The third kappa shape index (κ3) is 1.46. The molecule has 0 bridgehead atoms. The fourth-order valence-electron chi connectivity index (χ4n) is 0.783. The molecule has 0 fully saturated rings. The van der Waals surface area contributed by atoms with Gasteiger partial charge in [-0.3, -0.25) is 4.79 Å². The summed E-state index contributed by atoms with van der Waals surface area (Å²) < 4.78 is 0. The number of nitrogens with one attached hydrogen (secondary N) is 2. The van der Waals surface area contributed by atoms with Crippen LogP contribution in [-0.2, 0) is 6.42 Å². The topological polar surface area (TPSA) is 61.5 Å². The predicted molar refractivity (Wildman–Crippen MR) is 37.8 cm³/mol. The summed E-state index contributed by atoms with van der Waals surface area (Å²) in [5, 5.41) is 8.57. The van der Waals surface area contributed by atoms with E-state index >= 15 is 0 Å². The van der Waals surface area contributed by atoms with E-state index in [4.69, 9.17) is 0 Å². The zero-order valence-electron chi connectivity index (χ0n) is 5.98. The SMILES string of the molecule is CCCCc1n[nH][nH]c1=O. The second-order valence-electron chi connectivity index (χ2n) is 2.23. The van der Waals surface area contributed by atoms with E-state index in [9.17, 15) is 4.79 Å². The minimum absolute atomic E-state index is 0.0894. The van der Waals surface area contributed by atoms with Crippen molar-refractivity contribution in [3.8, 4) is 0 Å². The van der Waals surface area contributed by atoms with Crippen LogP contribution in [0.4, 0.5) is 0 Å². The summed E-state index contributed by atoms with van der Waals surface area (Å²) >= 11 is 0. The molecule has 10 heavy (non-hydrogen) atoms. The molecule has 4 nitrogen and oxygen atoms in total. The van der Waals surface area contributed by atoms with E-state index < -0.39 is 0 Å². The lowest BCUT2D eigenvalue weighted by Crippen LogP contribution is -2.05. The van der Waals surface area contributed by atoms with Crippen LogP contribution in [0.25, 0.3) is 0 Å². The normalized spacial score (nSPS) is 10.1.